The summed E-state index contributed by atoms with van der Waals surface area (Å²) in [5.74, 6) is 0.0493. The summed E-state index contributed by atoms with van der Waals surface area (Å²) < 4.78 is 5.56. The molecule has 0 bridgehead atoms. The second-order valence-corrected chi connectivity index (χ2v) is 4.82. The zero-order chi connectivity index (χ0) is 15.2. The second-order valence-electron chi connectivity index (χ2n) is 4.82. The molecule has 0 aromatic heterocycles. The van der Waals surface area contributed by atoms with Crippen molar-refractivity contribution in [2.24, 2.45) is 11.5 Å². The van der Waals surface area contributed by atoms with E-state index >= 15 is 0 Å². The van der Waals surface area contributed by atoms with Crippen molar-refractivity contribution in [1.29, 1.82) is 0 Å². The molecule has 1 amide bonds. The average molecular weight is 284 g/mol. The van der Waals surface area contributed by atoms with Gasteiger partial charge in [-0.3, -0.25) is 4.79 Å². The highest BCUT2D eigenvalue weighted by atomic mass is 16.5. The quantitative estimate of drug-likeness (QED) is 0.856. The van der Waals surface area contributed by atoms with Crippen LogP contribution in [0.5, 0.6) is 5.75 Å². The Morgan fingerprint density at radius 1 is 1.10 bits per heavy atom. The fourth-order valence-corrected chi connectivity index (χ4v) is 2.07. The van der Waals surface area contributed by atoms with Gasteiger partial charge in [0.1, 0.15) is 5.75 Å². The Bertz CT molecular complexity index is 621. The number of rotatable bonds is 6. The minimum Gasteiger partial charge on any atom is -0.493 e. The van der Waals surface area contributed by atoms with E-state index in [2.05, 4.69) is 0 Å². The zero-order valence-corrected chi connectivity index (χ0v) is 12.1. The highest BCUT2D eigenvalue weighted by Crippen LogP contribution is 2.27. The fraction of sp³-hybridized carbons (Fsp3) is 0.235. The zero-order valence-electron chi connectivity index (χ0n) is 12.1. The van der Waals surface area contributed by atoms with Gasteiger partial charge in [-0.15, -0.1) is 0 Å². The Morgan fingerprint density at radius 3 is 2.33 bits per heavy atom. The van der Waals surface area contributed by atoms with Crippen LogP contribution in [0.15, 0.2) is 42.5 Å². The van der Waals surface area contributed by atoms with Gasteiger partial charge in [-0.2, -0.15) is 0 Å². The van der Waals surface area contributed by atoms with Crippen LogP contribution in [0.25, 0.3) is 11.1 Å². The molecule has 0 aliphatic heterocycles. The Morgan fingerprint density at radius 2 is 1.76 bits per heavy atom. The topological polar surface area (TPSA) is 78.3 Å². The van der Waals surface area contributed by atoms with Gasteiger partial charge in [0.15, 0.2) is 0 Å². The van der Waals surface area contributed by atoms with E-state index in [0.29, 0.717) is 24.5 Å². The van der Waals surface area contributed by atoms with E-state index < -0.39 is 5.91 Å². The summed E-state index contributed by atoms with van der Waals surface area (Å²) >= 11 is 0. The summed E-state index contributed by atoms with van der Waals surface area (Å²) in [4.78, 5) is 11.6. The number of amides is 1. The van der Waals surface area contributed by atoms with Gasteiger partial charge in [-0.25, -0.2) is 0 Å². The van der Waals surface area contributed by atoms with E-state index in [0.717, 1.165) is 23.1 Å². The first-order valence-corrected chi connectivity index (χ1v) is 7.01. The molecule has 0 unspecified atom stereocenters. The van der Waals surface area contributed by atoms with Gasteiger partial charge in [-0.05, 0) is 35.2 Å². The smallest absolute Gasteiger partial charge is 0.252 e. The third kappa shape index (κ3) is 3.61. The molecule has 2 rings (SSSR count). The first-order chi connectivity index (χ1) is 10.2. The van der Waals surface area contributed by atoms with Crippen molar-refractivity contribution in [2.45, 2.75) is 19.9 Å². The fourth-order valence-electron chi connectivity index (χ4n) is 2.07. The molecule has 2 aromatic carbocycles. The highest BCUT2D eigenvalue weighted by Gasteiger charge is 2.11. The third-order valence-corrected chi connectivity index (χ3v) is 3.23. The van der Waals surface area contributed by atoms with Crippen LogP contribution < -0.4 is 16.2 Å². The predicted octanol–water partition coefficient (Wildman–Crippen LogP) is 2.70. The van der Waals surface area contributed by atoms with E-state index in [1.807, 2.05) is 37.3 Å². The normalized spacial score (nSPS) is 10.4. The largest absolute Gasteiger partial charge is 0.493 e. The van der Waals surface area contributed by atoms with E-state index in [4.69, 9.17) is 16.2 Å². The summed E-state index contributed by atoms with van der Waals surface area (Å²) in [5, 5.41) is 0. The van der Waals surface area contributed by atoms with E-state index in [1.165, 1.54) is 0 Å². The number of benzene rings is 2. The minimum absolute atomic E-state index is 0.406. The molecule has 0 spiro atoms. The average Bonchev–Trinajstić information content (AvgIpc) is 2.52. The molecule has 0 aliphatic rings. The number of carbonyl (C=O) groups excluding carboxylic acids is 1. The molecule has 0 saturated heterocycles. The van der Waals surface area contributed by atoms with Crippen LogP contribution >= 0.6 is 0 Å². The summed E-state index contributed by atoms with van der Waals surface area (Å²) in [6, 6.07) is 13.4. The molecule has 4 nitrogen and oxygen atoms in total. The van der Waals surface area contributed by atoms with E-state index in [-0.39, 0.29) is 0 Å². The lowest BCUT2D eigenvalue weighted by Crippen LogP contribution is -2.13. The molecule has 0 fully saturated rings. The molecule has 2 aromatic rings. The van der Waals surface area contributed by atoms with Crippen molar-refractivity contribution in [2.75, 3.05) is 6.61 Å². The van der Waals surface area contributed by atoms with Crippen molar-refractivity contribution >= 4 is 5.91 Å². The van der Waals surface area contributed by atoms with E-state index in [1.54, 1.807) is 12.1 Å². The molecule has 4 N–H and O–H groups in total. The van der Waals surface area contributed by atoms with Gasteiger partial charge in [-0.1, -0.05) is 37.3 Å². The van der Waals surface area contributed by atoms with Crippen LogP contribution in [0, 0.1) is 0 Å². The first-order valence-electron chi connectivity index (χ1n) is 7.01. The SMILES string of the molecule is CCCOc1ccc(-c2ccc(CN)cc2)cc1C(N)=O. The second kappa shape index (κ2) is 6.90. The van der Waals surface area contributed by atoms with Crippen LogP contribution in [0.2, 0.25) is 0 Å². The Labute approximate surface area is 124 Å². The molecule has 0 atom stereocenters. The van der Waals surface area contributed by atoms with Crippen LogP contribution in [0.3, 0.4) is 0 Å². The highest BCUT2D eigenvalue weighted by molar-refractivity contribution is 5.97. The van der Waals surface area contributed by atoms with Crippen LogP contribution in [-0.2, 0) is 6.54 Å². The van der Waals surface area contributed by atoms with Gasteiger partial charge in [0.2, 0.25) is 0 Å². The van der Waals surface area contributed by atoms with Gasteiger partial charge < -0.3 is 16.2 Å². The maximum absolute atomic E-state index is 11.6. The van der Waals surface area contributed by atoms with Crippen molar-refractivity contribution in [3.05, 3.63) is 53.6 Å². The molecular weight excluding hydrogens is 264 g/mol. The lowest BCUT2D eigenvalue weighted by molar-refractivity contribution is 0.0996. The molecule has 110 valence electrons. The Balaban J connectivity index is 2.36. The molecular formula is C17H20N2O2. The van der Waals surface area contributed by atoms with Crippen molar-refractivity contribution in [3.8, 4) is 16.9 Å². The predicted molar refractivity (Wildman–Crippen MR) is 84.1 cm³/mol. The standard InChI is InChI=1S/C17H20N2O2/c1-2-9-21-16-8-7-14(10-15(16)17(19)20)13-5-3-12(11-18)4-6-13/h3-8,10H,2,9,11,18H2,1H3,(H2,19,20). The monoisotopic (exact) mass is 284 g/mol. The summed E-state index contributed by atoms with van der Waals surface area (Å²) in [7, 11) is 0. The van der Waals surface area contributed by atoms with Crippen LogP contribution in [0.1, 0.15) is 29.3 Å². The summed E-state index contributed by atoms with van der Waals surface area (Å²) in [6.45, 7) is 3.08. The molecule has 0 aliphatic carbocycles. The lowest BCUT2D eigenvalue weighted by atomic mass is 10.0. The van der Waals surface area contributed by atoms with Crippen molar-refractivity contribution < 1.29 is 9.53 Å². The van der Waals surface area contributed by atoms with Gasteiger partial charge in [0.25, 0.3) is 5.91 Å². The molecule has 0 heterocycles. The first kappa shape index (κ1) is 15.1. The van der Waals surface area contributed by atoms with Gasteiger partial charge >= 0.3 is 0 Å². The minimum atomic E-state index is -0.485. The van der Waals surface area contributed by atoms with Crippen LogP contribution in [0.4, 0.5) is 0 Å². The molecule has 21 heavy (non-hydrogen) atoms. The third-order valence-electron chi connectivity index (χ3n) is 3.23. The number of carbonyl (C=O) groups is 1. The van der Waals surface area contributed by atoms with E-state index in [9.17, 15) is 4.79 Å². The maximum atomic E-state index is 11.6. The number of nitrogens with two attached hydrogens (primary N) is 2. The van der Waals surface area contributed by atoms with Crippen LogP contribution in [-0.4, -0.2) is 12.5 Å². The van der Waals surface area contributed by atoms with Gasteiger partial charge in [0.05, 0.1) is 12.2 Å². The Hall–Kier alpha value is -2.33. The number of primary amides is 1. The maximum Gasteiger partial charge on any atom is 0.252 e. The number of ether oxygens (including phenoxy) is 1. The number of hydrogen-bond donors (Lipinski definition) is 2. The molecule has 0 saturated carbocycles. The lowest BCUT2D eigenvalue weighted by Gasteiger charge is -2.11. The van der Waals surface area contributed by atoms with Gasteiger partial charge in [0, 0.05) is 6.54 Å². The molecule has 4 heteroatoms. The number of hydrogen-bond acceptors (Lipinski definition) is 3. The summed E-state index contributed by atoms with van der Waals surface area (Å²) in [5.41, 5.74) is 14.4. The summed E-state index contributed by atoms with van der Waals surface area (Å²) in [6.07, 6.45) is 0.876. The molecule has 0 radical (unpaired) electrons. The van der Waals surface area contributed by atoms with Crippen molar-refractivity contribution in [1.82, 2.24) is 0 Å². The van der Waals surface area contributed by atoms with Crippen molar-refractivity contribution in [3.63, 3.8) is 0 Å². The Kier molecular flexibility index (Phi) is 4.95.